The quantitative estimate of drug-likeness (QED) is 0.457. The van der Waals surface area contributed by atoms with Crippen LogP contribution in [0.5, 0.6) is 5.75 Å². The number of carbonyl (C=O) groups is 2. The van der Waals surface area contributed by atoms with Crippen LogP contribution in [-0.4, -0.2) is 34.9 Å². The van der Waals surface area contributed by atoms with Crippen molar-refractivity contribution in [3.8, 4) is 16.9 Å². The van der Waals surface area contributed by atoms with Gasteiger partial charge in [-0.1, -0.05) is 71.7 Å². The lowest BCUT2D eigenvalue weighted by molar-refractivity contribution is -0.139. The van der Waals surface area contributed by atoms with E-state index >= 15 is 0 Å². The molecule has 3 aromatic rings. The van der Waals surface area contributed by atoms with Crippen LogP contribution in [0, 0.1) is 0 Å². The highest BCUT2D eigenvalue weighted by atomic mass is 35.5. The predicted molar refractivity (Wildman–Crippen MR) is 121 cm³/mol. The van der Waals surface area contributed by atoms with Crippen molar-refractivity contribution < 1.29 is 24.5 Å². The fourth-order valence-corrected chi connectivity index (χ4v) is 4.51. The number of phenolic OH excluding ortho intramolecular Hbond substituents is 1. The molecule has 4 rings (SSSR count). The summed E-state index contributed by atoms with van der Waals surface area (Å²) in [6.45, 7) is 0.0560. The van der Waals surface area contributed by atoms with E-state index in [-0.39, 0.29) is 40.3 Å². The van der Waals surface area contributed by atoms with Crippen molar-refractivity contribution in [3.63, 3.8) is 0 Å². The number of hydrogen-bond donors (Lipinski definition) is 3. The van der Waals surface area contributed by atoms with E-state index in [4.69, 9.17) is 27.9 Å². The van der Waals surface area contributed by atoms with Crippen LogP contribution in [0.3, 0.4) is 0 Å². The van der Waals surface area contributed by atoms with E-state index in [9.17, 15) is 19.8 Å². The maximum absolute atomic E-state index is 12.4. The van der Waals surface area contributed by atoms with Crippen LogP contribution in [0.2, 0.25) is 10.0 Å². The number of aromatic hydroxyl groups is 1. The van der Waals surface area contributed by atoms with Gasteiger partial charge in [-0.15, -0.1) is 0 Å². The molecule has 1 aliphatic rings. The molecule has 3 N–H and O–H groups in total. The first kappa shape index (κ1) is 22.0. The minimum atomic E-state index is -1.34. The topological polar surface area (TPSA) is 95.9 Å². The molecule has 164 valence electrons. The minimum absolute atomic E-state index is 0.00206. The van der Waals surface area contributed by atoms with Crippen molar-refractivity contribution in [2.45, 2.75) is 18.4 Å². The van der Waals surface area contributed by atoms with Crippen LogP contribution in [0.1, 0.15) is 22.6 Å². The summed E-state index contributed by atoms with van der Waals surface area (Å²) in [6, 6.07) is 17.2. The molecule has 1 atom stereocenters. The normalized spacial score (nSPS) is 13.2. The van der Waals surface area contributed by atoms with E-state index in [0.29, 0.717) is 0 Å². The first-order valence-electron chi connectivity index (χ1n) is 9.86. The molecule has 0 aromatic heterocycles. The largest absolute Gasteiger partial charge is 0.506 e. The zero-order valence-electron chi connectivity index (χ0n) is 16.7. The molecule has 1 unspecified atom stereocenters. The lowest BCUT2D eigenvalue weighted by atomic mass is 9.98. The molecule has 8 heteroatoms. The molecule has 0 fully saturated rings. The fraction of sp³-hybridized carbons (Fsp3) is 0.167. The molecule has 0 spiro atoms. The Labute approximate surface area is 194 Å². The van der Waals surface area contributed by atoms with Crippen LogP contribution in [0.4, 0.5) is 4.79 Å². The summed E-state index contributed by atoms with van der Waals surface area (Å²) in [4.78, 5) is 24.1. The van der Waals surface area contributed by atoms with E-state index < -0.39 is 18.1 Å². The number of rotatable bonds is 6. The maximum atomic E-state index is 12.4. The third-order valence-corrected chi connectivity index (χ3v) is 5.97. The van der Waals surface area contributed by atoms with Gasteiger partial charge in [0.05, 0.1) is 5.02 Å². The summed E-state index contributed by atoms with van der Waals surface area (Å²) in [5, 5.41) is 22.2. The summed E-state index contributed by atoms with van der Waals surface area (Å²) in [5.74, 6) is -1.71. The first-order chi connectivity index (χ1) is 15.3. The molecule has 3 aromatic carbocycles. The Kier molecular flexibility index (Phi) is 6.26. The van der Waals surface area contributed by atoms with Gasteiger partial charge in [0.25, 0.3) is 0 Å². The molecule has 0 radical (unpaired) electrons. The lowest BCUT2D eigenvalue weighted by Gasteiger charge is -2.18. The second-order valence-electron chi connectivity index (χ2n) is 7.46. The molecule has 32 heavy (non-hydrogen) atoms. The average Bonchev–Trinajstić information content (AvgIpc) is 3.09. The van der Waals surface area contributed by atoms with Crippen LogP contribution in [0.15, 0.2) is 60.7 Å². The van der Waals surface area contributed by atoms with Gasteiger partial charge in [0.2, 0.25) is 0 Å². The first-order valence-corrected chi connectivity index (χ1v) is 10.6. The smallest absolute Gasteiger partial charge is 0.407 e. The van der Waals surface area contributed by atoms with Crippen molar-refractivity contribution in [1.29, 1.82) is 0 Å². The number of hydrogen-bond acceptors (Lipinski definition) is 4. The molecule has 6 nitrogen and oxygen atoms in total. The number of carbonyl (C=O) groups excluding carboxylic acids is 1. The van der Waals surface area contributed by atoms with E-state index in [1.807, 2.05) is 48.5 Å². The number of benzene rings is 3. The third-order valence-electron chi connectivity index (χ3n) is 5.47. The number of amides is 1. The van der Waals surface area contributed by atoms with E-state index in [2.05, 4.69) is 5.32 Å². The predicted octanol–water partition coefficient (Wildman–Crippen LogP) is 5.23. The van der Waals surface area contributed by atoms with Gasteiger partial charge in [-0.3, -0.25) is 0 Å². The molecule has 0 aliphatic heterocycles. The highest BCUT2D eigenvalue weighted by molar-refractivity contribution is 6.35. The van der Waals surface area contributed by atoms with Crippen LogP contribution < -0.4 is 5.32 Å². The van der Waals surface area contributed by atoms with E-state index in [0.717, 1.165) is 22.3 Å². The number of carboxylic acids is 1. The van der Waals surface area contributed by atoms with E-state index in [1.165, 1.54) is 12.1 Å². The molecular weight excluding hydrogens is 453 g/mol. The van der Waals surface area contributed by atoms with E-state index in [1.54, 1.807) is 0 Å². The van der Waals surface area contributed by atoms with Gasteiger partial charge in [-0.25, -0.2) is 9.59 Å². The van der Waals surface area contributed by atoms with Crippen molar-refractivity contribution in [1.82, 2.24) is 5.32 Å². The van der Waals surface area contributed by atoms with Gasteiger partial charge < -0.3 is 20.3 Å². The SMILES string of the molecule is O=C(NC(Cc1cc(Cl)cc(Cl)c1O)C(=O)O)OCC1c2ccccc2-c2ccccc21. The summed E-state index contributed by atoms with van der Waals surface area (Å²) in [7, 11) is 0. The Hall–Kier alpha value is -3.22. The van der Waals surface area contributed by atoms with Gasteiger partial charge in [0.15, 0.2) is 0 Å². The Morgan fingerprint density at radius 3 is 2.19 bits per heavy atom. The van der Waals surface area contributed by atoms with Crippen molar-refractivity contribution >= 4 is 35.3 Å². The average molecular weight is 472 g/mol. The molecule has 0 heterocycles. The summed E-state index contributed by atoms with van der Waals surface area (Å²) < 4.78 is 5.41. The number of carboxylic acid groups (broad SMARTS) is 1. The van der Waals surface area contributed by atoms with Gasteiger partial charge >= 0.3 is 12.1 Å². The molecule has 1 aliphatic carbocycles. The van der Waals surface area contributed by atoms with Gasteiger partial charge in [-0.05, 0) is 39.9 Å². The second-order valence-corrected chi connectivity index (χ2v) is 8.30. The number of aliphatic carboxylic acids is 1. The zero-order valence-corrected chi connectivity index (χ0v) is 18.2. The number of ether oxygens (including phenoxy) is 1. The van der Waals surface area contributed by atoms with Crippen molar-refractivity contribution in [2.75, 3.05) is 6.61 Å². The maximum Gasteiger partial charge on any atom is 0.407 e. The molecule has 0 saturated carbocycles. The van der Waals surface area contributed by atoms with Crippen LogP contribution in [0.25, 0.3) is 11.1 Å². The van der Waals surface area contributed by atoms with Gasteiger partial charge in [-0.2, -0.15) is 0 Å². The lowest BCUT2D eigenvalue weighted by Crippen LogP contribution is -2.42. The highest BCUT2D eigenvalue weighted by Crippen LogP contribution is 2.44. The molecular formula is C24H19Cl2NO5. The summed E-state index contributed by atoms with van der Waals surface area (Å²) >= 11 is 11.8. The Morgan fingerprint density at radius 2 is 1.59 bits per heavy atom. The second kappa shape index (κ2) is 9.10. The summed E-state index contributed by atoms with van der Waals surface area (Å²) in [6.07, 6.45) is -1.09. The molecule has 0 bridgehead atoms. The van der Waals surface area contributed by atoms with Crippen molar-refractivity contribution in [2.24, 2.45) is 0 Å². The number of nitrogens with one attached hydrogen (secondary N) is 1. The minimum Gasteiger partial charge on any atom is -0.506 e. The number of phenols is 1. The Balaban J connectivity index is 1.46. The molecule has 0 saturated heterocycles. The van der Waals surface area contributed by atoms with Crippen LogP contribution >= 0.6 is 23.2 Å². The summed E-state index contributed by atoms with van der Waals surface area (Å²) in [5.41, 5.74) is 4.49. The molecule has 1 amide bonds. The number of fused-ring (bicyclic) bond motifs is 3. The highest BCUT2D eigenvalue weighted by Gasteiger charge is 2.30. The number of halogens is 2. The van der Waals surface area contributed by atoms with Gasteiger partial charge in [0.1, 0.15) is 18.4 Å². The van der Waals surface area contributed by atoms with Gasteiger partial charge in [0, 0.05) is 17.4 Å². The fourth-order valence-electron chi connectivity index (χ4n) is 3.98. The third kappa shape index (κ3) is 4.38. The van der Waals surface area contributed by atoms with Crippen LogP contribution in [-0.2, 0) is 16.0 Å². The van der Waals surface area contributed by atoms with Crippen molar-refractivity contribution in [3.05, 3.63) is 87.4 Å². The monoisotopic (exact) mass is 471 g/mol. The standard InChI is InChI=1S/C24H19Cl2NO5/c25-14-9-13(22(28)20(26)11-14)10-21(23(29)30)27-24(31)32-12-19-17-7-3-1-5-15(17)16-6-2-4-8-18(16)19/h1-9,11,19,21,28H,10,12H2,(H,27,31)(H,29,30). The zero-order chi connectivity index (χ0) is 22.8. The Bertz CT molecular complexity index is 1150. The number of alkyl carbamates (subject to hydrolysis) is 1. The Morgan fingerprint density at radius 1 is 1.00 bits per heavy atom.